The van der Waals surface area contributed by atoms with Crippen LogP contribution in [0.2, 0.25) is 0 Å². The zero-order valence-electron chi connectivity index (χ0n) is 11.2. The van der Waals surface area contributed by atoms with Crippen LogP contribution >= 0.6 is 15.9 Å². The van der Waals surface area contributed by atoms with Crippen molar-refractivity contribution in [1.82, 2.24) is 5.32 Å². The number of amides is 1. The number of carbonyl (C=O) groups excluding carboxylic acids is 2. The van der Waals surface area contributed by atoms with Gasteiger partial charge in [-0.25, -0.2) is 9.18 Å². The summed E-state index contributed by atoms with van der Waals surface area (Å²) in [6, 6.07) is 2.24. The van der Waals surface area contributed by atoms with Gasteiger partial charge in [0.2, 0.25) is 0 Å². The normalized spacial score (nSPS) is 11.8. The Kier molecular flexibility index (Phi) is 5.94. The van der Waals surface area contributed by atoms with Crippen LogP contribution in [-0.2, 0) is 9.53 Å². The van der Waals surface area contributed by atoms with Crippen molar-refractivity contribution in [1.29, 1.82) is 0 Å². The maximum Gasteiger partial charge on any atom is 0.339 e. The van der Waals surface area contributed by atoms with Gasteiger partial charge < -0.3 is 15.8 Å². The molecular formula is C13H16BrFN2O3. The third-order valence-electron chi connectivity index (χ3n) is 2.66. The van der Waals surface area contributed by atoms with E-state index in [1.807, 2.05) is 13.8 Å². The van der Waals surface area contributed by atoms with Crippen LogP contribution in [0.1, 0.15) is 30.6 Å². The second kappa shape index (κ2) is 7.23. The Morgan fingerprint density at radius 3 is 2.75 bits per heavy atom. The van der Waals surface area contributed by atoms with Crippen molar-refractivity contribution in [3.8, 4) is 0 Å². The fraction of sp³-hybridized carbons (Fsp3) is 0.385. The van der Waals surface area contributed by atoms with Crippen molar-refractivity contribution in [2.24, 2.45) is 0 Å². The highest BCUT2D eigenvalue weighted by Crippen LogP contribution is 2.23. The number of rotatable bonds is 5. The molecule has 110 valence electrons. The van der Waals surface area contributed by atoms with E-state index in [-0.39, 0.29) is 27.7 Å². The molecule has 7 heteroatoms. The SMILES string of the molecule is CCC(C)NC(=O)COC(=O)c1cc(N)c(F)cc1Br. The fourth-order valence-corrected chi connectivity index (χ4v) is 1.83. The van der Waals surface area contributed by atoms with Crippen molar-refractivity contribution in [3.63, 3.8) is 0 Å². The van der Waals surface area contributed by atoms with Gasteiger partial charge in [-0.2, -0.15) is 0 Å². The van der Waals surface area contributed by atoms with Crippen LogP contribution in [0.25, 0.3) is 0 Å². The van der Waals surface area contributed by atoms with E-state index in [0.717, 1.165) is 18.6 Å². The number of nitrogen functional groups attached to an aromatic ring is 1. The molecule has 3 N–H and O–H groups in total. The number of ether oxygens (including phenoxy) is 1. The van der Waals surface area contributed by atoms with Crippen LogP contribution in [0.4, 0.5) is 10.1 Å². The van der Waals surface area contributed by atoms with Crippen molar-refractivity contribution in [3.05, 3.63) is 28.0 Å². The van der Waals surface area contributed by atoms with E-state index in [4.69, 9.17) is 10.5 Å². The van der Waals surface area contributed by atoms with E-state index < -0.39 is 18.4 Å². The zero-order valence-corrected chi connectivity index (χ0v) is 12.8. The van der Waals surface area contributed by atoms with E-state index in [1.165, 1.54) is 0 Å². The molecule has 1 atom stereocenters. The summed E-state index contributed by atoms with van der Waals surface area (Å²) in [5.74, 6) is -1.77. The first-order valence-electron chi connectivity index (χ1n) is 6.06. The maximum atomic E-state index is 13.1. The zero-order chi connectivity index (χ0) is 15.3. The highest BCUT2D eigenvalue weighted by Gasteiger charge is 2.16. The summed E-state index contributed by atoms with van der Waals surface area (Å²) in [6.45, 7) is 3.37. The van der Waals surface area contributed by atoms with E-state index in [9.17, 15) is 14.0 Å². The van der Waals surface area contributed by atoms with Gasteiger partial charge >= 0.3 is 5.97 Å². The number of hydrogen-bond donors (Lipinski definition) is 2. The molecule has 1 rings (SSSR count). The lowest BCUT2D eigenvalue weighted by Crippen LogP contribution is -2.35. The Bertz CT molecular complexity index is 523. The minimum absolute atomic E-state index is 0.00871. The molecule has 0 spiro atoms. The Morgan fingerprint density at radius 1 is 1.50 bits per heavy atom. The fourth-order valence-electron chi connectivity index (χ4n) is 1.35. The summed E-state index contributed by atoms with van der Waals surface area (Å²) >= 11 is 3.04. The Hall–Kier alpha value is -1.63. The first-order valence-corrected chi connectivity index (χ1v) is 6.85. The average molecular weight is 347 g/mol. The highest BCUT2D eigenvalue weighted by molar-refractivity contribution is 9.10. The number of anilines is 1. The van der Waals surface area contributed by atoms with E-state index in [0.29, 0.717) is 0 Å². The topological polar surface area (TPSA) is 81.4 Å². The lowest BCUT2D eigenvalue weighted by atomic mass is 10.2. The molecule has 0 saturated carbocycles. The molecule has 0 bridgehead atoms. The molecule has 1 amide bonds. The molecule has 0 aliphatic heterocycles. The molecule has 0 radical (unpaired) electrons. The van der Waals surface area contributed by atoms with Crippen LogP contribution in [0.15, 0.2) is 16.6 Å². The Morgan fingerprint density at radius 2 is 2.15 bits per heavy atom. The molecule has 0 fully saturated rings. The first-order chi connectivity index (χ1) is 9.35. The van der Waals surface area contributed by atoms with Crippen LogP contribution in [0.5, 0.6) is 0 Å². The molecular weight excluding hydrogens is 331 g/mol. The number of nitrogens with one attached hydrogen (secondary N) is 1. The quantitative estimate of drug-likeness (QED) is 0.632. The second-order valence-electron chi connectivity index (χ2n) is 4.31. The number of halogens is 2. The van der Waals surface area contributed by atoms with Gasteiger partial charge in [-0.1, -0.05) is 6.92 Å². The first kappa shape index (κ1) is 16.4. The van der Waals surface area contributed by atoms with Gasteiger partial charge in [-0.15, -0.1) is 0 Å². The molecule has 0 aromatic heterocycles. The summed E-state index contributed by atoms with van der Waals surface area (Å²) in [5, 5.41) is 2.66. The predicted molar refractivity (Wildman–Crippen MR) is 76.7 cm³/mol. The van der Waals surface area contributed by atoms with Gasteiger partial charge in [-0.05, 0) is 41.4 Å². The van der Waals surface area contributed by atoms with Gasteiger partial charge in [0, 0.05) is 10.5 Å². The highest BCUT2D eigenvalue weighted by atomic mass is 79.9. The second-order valence-corrected chi connectivity index (χ2v) is 5.16. The predicted octanol–water partition coefficient (Wildman–Crippen LogP) is 2.24. The summed E-state index contributed by atoms with van der Waals surface area (Å²) in [7, 11) is 0. The van der Waals surface area contributed by atoms with Crippen molar-refractivity contribution in [2.75, 3.05) is 12.3 Å². The molecule has 1 unspecified atom stereocenters. The lowest BCUT2D eigenvalue weighted by Gasteiger charge is -2.12. The largest absolute Gasteiger partial charge is 0.452 e. The summed E-state index contributed by atoms with van der Waals surface area (Å²) < 4.78 is 18.2. The average Bonchev–Trinajstić information content (AvgIpc) is 2.40. The standard InChI is InChI=1S/C13H16BrFN2O3/c1-3-7(2)17-12(18)6-20-13(19)8-4-11(16)10(15)5-9(8)14/h4-5,7H,3,6,16H2,1-2H3,(H,17,18). The van der Waals surface area contributed by atoms with Crippen LogP contribution < -0.4 is 11.1 Å². The van der Waals surface area contributed by atoms with E-state index in [1.54, 1.807) is 0 Å². The monoisotopic (exact) mass is 346 g/mol. The summed E-state index contributed by atoms with van der Waals surface area (Å²) in [6.07, 6.45) is 0.778. The molecule has 0 saturated heterocycles. The smallest absolute Gasteiger partial charge is 0.339 e. The van der Waals surface area contributed by atoms with Gasteiger partial charge in [0.25, 0.3) is 5.91 Å². The summed E-state index contributed by atoms with van der Waals surface area (Å²) in [5.41, 5.74) is 5.29. The Balaban J connectivity index is 2.64. The van der Waals surface area contributed by atoms with Crippen LogP contribution in [0.3, 0.4) is 0 Å². The van der Waals surface area contributed by atoms with Crippen molar-refractivity contribution in [2.45, 2.75) is 26.3 Å². The van der Waals surface area contributed by atoms with Gasteiger partial charge in [-0.3, -0.25) is 4.79 Å². The van der Waals surface area contributed by atoms with Crippen molar-refractivity contribution >= 4 is 33.5 Å². The number of carbonyl (C=O) groups is 2. The molecule has 1 aromatic rings. The minimum atomic E-state index is -0.747. The summed E-state index contributed by atoms with van der Waals surface area (Å²) in [4.78, 5) is 23.2. The molecule has 0 heterocycles. The lowest BCUT2D eigenvalue weighted by molar-refractivity contribution is -0.124. The van der Waals surface area contributed by atoms with Crippen LogP contribution in [0, 0.1) is 5.82 Å². The maximum absolute atomic E-state index is 13.1. The Labute approximate surface area is 124 Å². The van der Waals surface area contributed by atoms with Crippen molar-refractivity contribution < 1.29 is 18.7 Å². The minimum Gasteiger partial charge on any atom is -0.452 e. The molecule has 0 aliphatic carbocycles. The molecule has 0 aliphatic rings. The third kappa shape index (κ3) is 4.48. The number of esters is 1. The molecule has 20 heavy (non-hydrogen) atoms. The number of benzene rings is 1. The third-order valence-corrected chi connectivity index (χ3v) is 3.32. The van der Waals surface area contributed by atoms with Crippen LogP contribution in [-0.4, -0.2) is 24.5 Å². The van der Waals surface area contributed by atoms with Gasteiger partial charge in [0.15, 0.2) is 6.61 Å². The van der Waals surface area contributed by atoms with Gasteiger partial charge in [0.05, 0.1) is 11.3 Å². The number of hydrogen-bond acceptors (Lipinski definition) is 4. The molecule has 1 aromatic carbocycles. The van der Waals surface area contributed by atoms with Gasteiger partial charge in [0.1, 0.15) is 5.82 Å². The number of nitrogens with two attached hydrogens (primary N) is 1. The molecule has 5 nitrogen and oxygen atoms in total. The van der Waals surface area contributed by atoms with E-state index in [2.05, 4.69) is 21.2 Å². The van der Waals surface area contributed by atoms with E-state index >= 15 is 0 Å².